The van der Waals surface area contributed by atoms with E-state index in [4.69, 9.17) is 9.47 Å². The smallest absolute Gasteiger partial charge is 0.256 e. The largest absolute Gasteiger partial charge is 0.458 e. The van der Waals surface area contributed by atoms with Crippen LogP contribution in [0, 0.1) is 0 Å². The second-order valence-corrected chi connectivity index (χ2v) is 27.0. The van der Waals surface area contributed by atoms with Crippen LogP contribution in [-0.2, 0) is 0 Å². The summed E-state index contributed by atoms with van der Waals surface area (Å²) in [4.78, 5) is 7.09. The lowest BCUT2D eigenvalue weighted by Crippen LogP contribution is -2.65. The van der Waals surface area contributed by atoms with Crippen molar-refractivity contribution in [2.75, 3.05) is 51.7 Å². The van der Waals surface area contributed by atoms with Gasteiger partial charge in [-0.1, -0.05) is 158 Å². The van der Waals surface area contributed by atoms with E-state index in [2.05, 4.69) is 343 Å². The van der Waals surface area contributed by atoms with Gasteiger partial charge in [0.1, 0.15) is 23.0 Å². The van der Waals surface area contributed by atoms with Gasteiger partial charge in [0.25, 0.3) is 20.1 Å². The molecular weight excluding hydrogens is 1230 g/mol. The van der Waals surface area contributed by atoms with Crippen LogP contribution in [0.4, 0.5) is 96.7 Å². The highest BCUT2D eigenvalue weighted by molar-refractivity contribution is 8.01. The molecule has 0 amide bonds. The van der Waals surface area contributed by atoms with Crippen molar-refractivity contribution in [2.24, 2.45) is 0 Å². The van der Waals surface area contributed by atoms with Crippen molar-refractivity contribution in [3.63, 3.8) is 0 Å². The maximum absolute atomic E-state index is 7.21. The zero-order valence-corrected chi connectivity index (χ0v) is 55.1. The summed E-state index contributed by atoms with van der Waals surface area (Å²) in [6.45, 7) is -0.489. The summed E-state index contributed by atoms with van der Waals surface area (Å²) in [6.07, 6.45) is 6.67. The zero-order valence-electron chi connectivity index (χ0n) is 52.7. The van der Waals surface area contributed by atoms with Crippen LogP contribution in [-0.4, -0.2) is 38.9 Å². The third-order valence-electron chi connectivity index (χ3n) is 19.7. The van der Waals surface area contributed by atoms with Crippen LogP contribution in [0.2, 0.25) is 0 Å². The minimum atomic E-state index is -0.201. The number of anilines is 17. The summed E-state index contributed by atoms with van der Waals surface area (Å²) in [6, 6.07) is 106. The van der Waals surface area contributed by atoms with Gasteiger partial charge in [0, 0.05) is 93.5 Å². The Kier molecular flexibility index (Phi) is 13.5. The van der Waals surface area contributed by atoms with E-state index in [1.807, 2.05) is 0 Å². The number of nitrogens with one attached hydrogen (secondary N) is 1. The molecule has 0 fully saturated rings. The van der Waals surface area contributed by atoms with Crippen LogP contribution in [0.15, 0.2) is 291 Å². The van der Waals surface area contributed by atoms with Gasteiger partial charge in [0.05, 0.1) is 34.1 Å². The average Bonchev–Trinajstić information content (AvgIpc) is 0.690. The molecule has 456 valence electrons. The number of hydrogen-bond acceptors (Lipinski definition) is 12. The average molecular weight is 1290 g/mol. The second kappa shape index (κ2) is 22.8. The molecule has 0 bridgehead atoms. The molecule has 19 rings (SSSR count). The quantitative estimate of drug-likeness (QED) is 0.0937. The molecule has 0 saturated carbocycles. The first kappa shape index (κ1) is 56.8. The summed E-state index contributed by atoms with van der Waals surface area (Å²) in [7, 11) is 0. The summed E-state index contributed by atoms with van der Waals surface area (Å²) < 4.78 is 21.8. The molecule has 0 spiro atoms. The highest BCUT2D eigenvalue weighted by Gasteiger charge is 2.50. The fourth-order valence-corrected chi connectivity index (χ4v) is 18.0. The number of benzene rings is 13. The lowest BCUT2D eigenvalue weighted by Gasteiger charge is -2.46. The van der Waals surface area contributed by atoms with Crippen molar-refractivity contribution in [3.05, 3.63) is 291 Å². The molecule has 0 aromatic heterocycles. The Hall–Kier alpha value is -10.7. The maximum atomic E-state index is 7.21. The Balaban J connectivity index is 0.856. The monoisotopic (exact) mass is 1290 g/mol. The van der Waals surface area contributed by atoms with Crippen molar-refractivity contribution in [2.45, 2.75) is 0 Å². The van der Waals surface area contributed by atoms with Crippen molar-refractivity contribution in [1.29, 1.82) is 0 Å². The molecule has 96 heavy (non-hydrogen) atoms. The normalized spacial score (nSPS) is 13.4. The van der Waals surface area contributed by atoms with Crippen LogP contribution in [0.3, 0.4) is 0 Å². The molecule has 0 aliphatic carbocycles. The summed E-state index contributed by atoms with van der Waals surface area (Å²) in [5.74, 6) is 3.42. The number of nitrogens with zero attached hydrogens (tertiary/aromatic N) is 6. The van der Waals surface area contributed by atoms with Gasteiger partial charge >= 0.3 is 0 Å². The van der Waals surface area contributed by atoms with Crippen LogP contribution in [0.5, 0.6) is 23.0 Å². The fourth-order valence-electron chi connectivity index (χ4n) is 15.9. The van der Waals surface area contributed by atoms with E-state index in [0.717, 1.165) is 142 Å². The van der Waals surface area contributed by atoms with Crippen LogP contribution >= 0.6 is 35.8 Å². The number of fused-ring (bicyclic) bond motifs is 12. The van der Waals surface area contributed by atoms with Gasteiger partial charge < -0.3 is 29.5 Å². The van der Waals surface area contributed by atoms with Crippen LogP contribution < -0.4 is 91.6 Å². The van der Waals surface area contributed by atoms with Gasteiger partial charge in [-0.2, -0.15) is 0 Å². The summed E-state index contributed by atoms with van der Waals surface area (Å²) in [5, 5.41) is 4.13. The Morgan fingerprint density at radius 1 is 0.260 bits per heavy atom. The molecule has 0 unspecified atom stereocenters. The van der Waals surface area contributed by atoms with Gasteiger partial charge in [-0.3, -0.25) is 12.9 Å². The third-order valence-corrected chi connectivity index (χ3v) is 22.0. The van der Waals surface area contributed by atoms with Crippen LogP contribution in [0.1, 0.15) is 0 Å². The Morgan fingerprint density at radius 3 is 1.00 bits per heavy atom. The molecule has 0 atom stereocenters. The molecule has 6 heterocycles. The Bertz CT molecular complexity index is 5140. The van der Waals surface area contributed by atoms with Crippen molar-refractivity contribution < 1.29 is 9.47 Å². The van der Waals surface area contributed by atoms with Gasteiger partial charge in [-0.05, 0) is 206 Å². The minimum absolute atomic E-state index is 0.142. The van der Waals surface area contributed by atoms with Crippen molar-refractivity contribution in [1.82, 2.24) is 0 Å². The number of hydrogen-bond donors (Lipinski definition) is 1. The standard InChI is InChI=1S/C81H58B3N7O2S3/c1-94-89-69-50-67-63(82-61-38-22-24-40-75(61)92-77-46-58(42-68(85-67)79(77)82)86(52-26-10-4-11-27-52)53-28-12-5-13-29-53)48-64(69)84-66-49-65-70(51-71(66)90(95-2)73-44-59(43-72(89)80(73)84)87(54-30-14-6-15-31-54)55-32-16-7-17-33-55)91(96-3)74-45-60(47-78-81(74)83(65)62-39-23-25-41-76(62)93-78)88(56-34-18-8-19-35-56)57-36-20-9-21-37-57/h4-51,85H,1-3H3. The van der Waals surface area contributed by atoms with E-state index in [1.165, 1.54) is 27.3 Å². The molecule has 6 aliphatic rings. The zero-order chi connectivity index (χ0) is 63.7. The van der Waals surface area contributed by atoms with Gasteiger partial charge in [-0.25, -0.2) is 0 Å². The molecule has 0 radical (unpaired) electrons. The number of rotatable bonds is 12. The SMILES string of the molecule is CSN1c2cc3c(cc2B2c4ccccc4Oc4cc(N(c5ccccc5)c5ccccc5)cc1c42)B1c2cc4c(cc2N(SC)c2cc(N(c5ccccc5)c5ccccc5)cc(c21)N3SC)Nc1cc(N(c2ccccc2)c2ccccc2)cc2c1B4c1ccccc1O2. The lowest BCUT2D eigenvalue weighted by atomic mass is 9.29. The van der Waals surface area contributed by atoms with E-state index < -0.39 is 0 Å². The molecule has 6 aliphatic heterocycles. The van der Waals surface area contributed by atoms with E-state index >= 15 is 0 Å². The molecular formula is C81H58B3N7O2S3. The molecule has 9 nitrogen and oxygen atoms in total. The molecule has 15 heteroatoms. The highest BCUT2D eigenvalue weighted by atomic mass is 32.2. The lowest BCUT2D eigenvalue weighted by molar-refractivity contribution is 0.487. The van der Waals surface area contributed by atoms with Crippen molar-refractivity contribution in [3.8, 4) is 23.0 Å². The topological polar surface area (TPSA) is 49.9 Å². The van der Waals surface area contributed by atoms with E-state index in [0.29, 0.717) is 0 Å². The number of ether oxygens (including phenoxy) is 2. The van der Waals surface area contributed by atoms with E-state index in [-0.39, 0.29) is 20.1 Å². The predicted octanol–water partition coefficient (Wildman–Crippen LogP) is 16.1. The third kappa shape index (κ3) is 8.79. The number of para-hydroxylation sites is 8. The predicted molar refractivity (Wildman–Crippen MR) is 414 cm³/mol. The maximum Gasteiger partial charge on any atom is 0.256 e. The minimum Gasteiger partial charge on any atom is -0.458 e. The summed E-state index contributed by atoms with van der Waals surface area (Å²) in [5.41, 5.74) is 29.2. The molecule has 13 aromatic rings. The fraction of sp³-hybridized carbons (Fsp3) is 0.0370. The second-order valence-electron chi connectivity index (χ2n) is 24.8. The summed E-state index contributed by atoms with van der Waals surface area (Å²) >= 11 is 5.26. The molecule has 0 saturated heterocycles. The first-order chi connectivity index (χ1) is 47.5. The first-order valence-corrected chi connectivity index (χ1v) is 36.0. The van der Waals surface area contributed by atoms with Gasteiger partial charge in [-0.15, -0.1) is 0 Å². The van der Waals surface area contributed by atoms with Crippen molar-refractivity contribution >= 4 is 202 Å². The van der Waals surface area contributed by atoms with Gasteiger partial charge in [0.2, 0.25) is 0 Å². The molecule has 1 N–H and O–H groups in total. The molecule has 13 aromatic carbocycles. The Labute approximate surface area is 573 Å². The van der Waals surface area contributed by atoms with E-state index in [9.17, 15) is 0 Å². The van der Waals surface area contributed by atoms with E-state index in [1.54, 1.807) is 35.8 Å². The van der Waals surface area contributed by atoms with Gasteiger partial charge in [0.15, 0.2) is 0 Å². The van der Waals surface area contributed by atoms with Crippen LogP contribution in [0.25, 0.3) is 0 Å². The highest BCUT2D eigenvalue weighted by Crippen LogP contribution is 2.51. The first-order valence-electron chi connectivity index (χ1n) is 32.4. The Morgan fingerprint density at radius 2 is 0.583 bits per heavy atom.